The molecule has 0 aliphatic heterocycles. The van der Waals surface area contributed by atoms with Crippen LogP contribution >= 0.6 is 11.3 Å². The van der Waals surface area contributed by atoms with Gasteiger partial charge in [0.05, 0.1) is 24.4 Å². The highest BCUT2D eigenvalue weighted by molar-refractivity contribution is 7.16. The van der Waals surface area contributed by atoms with Crippen molar-refractivity contribution in [3.8, 4) is 11.5 Å². The molecule has 0 saturated carbocycles. The normalized spacial score (nSPS) is 11.6. The third-order valence-electron chi connectivity index (χ3n) is 4.37. The molecule has 0 aliphatic carbocycles. The van der Waals surface area contributed by atoms with E-state index < -0.39 is 0 Å². The first-order valence-corrected chi connectivity index (χ1v) is 9.75. The van der Waals surface area contributed by atoms with E-state index in [1.54, 1.807) is 38.5 Å². The van der Waals surface area contributed by atoms with Crippen LogP contribution in [0.15, 0.2) is 41.4 Å². The van der Waals surface area contributed by atoms with E-state index in [4.69, 9.17) is 9.47 Å². The molecular formula is C21H22N2O4S. The number of ketones is 1. The Balaban J connectivity index is 2.11. The smallest absolute Gasteiger partial charge is 0.279 e. The molecule has 0 aliphatic rings. The molecule has 3 rings (SSSR count). The lowest BCUT2D eigenvalue weighted by Crippen LogP contribution is -2.17. The van der Waals surface area contributed by atoms with Crippen LogP contribution in [0.1, 0.15) is 41.0 Å². The van der Waals surface area contributed by atoms with Gasteiger partial charge in [-0.3, -0.25) is 9.59 Å². The second-order valence-corrected chi connectivity index (χ2v) is 7.27. The van der Waals surface area contributed by atoms with Crippen LogP contribution in [0.5, 0.6) is 11.5 Å². The van der Waals surface area contributed by atoms with Crippen molar-refractivity contribution in [3.63, 3.8) is 0 Å². The number of rotatable bonds is 6. The molecule has 0 spiro atoms. The highest BCUT2D eigenvalue weighted by atomic mass is 32.1. The number of fused-ring (bicyclic) bond motifs is 1. The minimum Gasteiger partial charge on any atom is -0.493 e. The van der Waals surface area contributed by atoms with Crippen LogP contribution in [0.25, 0.3) is 10.2 Å². The first-order valence-electron chi connectivity index (χ1n) is 8.94. The Morgan fingerprint density at radius 3 is 2.21 bits per heavy atom. The lowest BCUT2D eigenvalue weighted by Gasteiger charge is -2.08. The molecule has 0 atom stereocenters. The molecule has 0 N–H and O–H groups in total. The number of methoxy groups -OCH3 is 2. The number of Topliss-reactive ketones (excluding diaryl/α,β-unsaturated/α-hetero) is 1. The van der Waals surface area contributed by atoms with Crippen LogP contribution in [0.2, 0.25) is 0 Å². The van der Waals surface area contributed by atoms with Crippen molar-refractivity contribution >= 4 is 33.2 Å². The van der Waals surface area contributed by atoms with E-state index in [1.807, 2.05) is 16.7 Å². The average molecular weight is 398 g/mol. The van der Waals surface area contributed by atoms with E-state index in [2.05, 4.69) is 11.9 Å². The molecule has 28 heavy (non-hydrogen) atoms. The SMILES string of the molecule is CCCn1c(=NC(=O)c2ccc(C(C)=O)cc2)sc2cc(OC)c(OC)cc21. The van der Waals surface area contributed by atoms with Crippen LogP contribution in [0.4, 0.5) is 0 Å². The summed E-state index contributed by atoms with van der Waals surface area (Å²) < 4.78 is 13.8. The number of aryl methyl sites for hydroxylation is 1. The maximum atomic E-state index is 12.7. The largest absolute Gasteiger partial charge is 0.493 e. The molecule has 0 fully saturated rings. The monoisotopic (exact) mass is 398 g/mol. The van der Waals surface area contributed by atoms with Crippen molar-refractivity contribution in [1.82, 2.24) is 4.57 Å². The number of ether oxygens (including phenoxy) is 2. The number of nitrogens with zero attached hydrogens (tertiary/aromatic N) is 2. The lowest BCUT2D eigenvalue weighted by atomic mass is 10.1. The van der Waals surface area contributed by atoms with Gasteiger partial charge < -0.3 is 14.0 Å². The highest BCUT2D eigenvalue weighted by Crippen LogP contribution is 2.33. The van der Waals surface area contributed by atoms with Crippen molar-refractivity contribution in [2.45, 2.75) is 26.8 Å². The minimum atomic E-state index is -0.342. The van der Waals surface area contributed by atoms with Gasteiger partial charge in [-0.2, -0.15) is 4.99 Å². The predicted molar refractivity (Wildman–Crippen MR) is 110 cm³/mol. The van der Waals surface area contributed by atoms with Gasteiger partial charge in [-0.15, -0.1) is 0 Å². The van der Waals surface area contributed by atoms with Crippen LogP contribution in [0, 0.1) is 0 Å². The molecule has 0 saturated heterocycles. The Morgan fingerprint density at radius 1 is 1.04 bits per heavy atom. The van der Waals surface area contributed by atoms with Crippen molar-refractivity contribution in [2.75, 3.05) is 14.2 Å². The zero-order valence-electron chi connectivity index (χ0n) is 16.3. The Kier molecular flexibility index (Phi) is 5.94. The third-order valence-corrected chi connectivity index (χ3v) is 5.41. The fourth-order valence-corrected chi connectivity index (χ4v) is 3.99. The zero-order chi connectivity index (χ0) is 20.3. The summed E-state index contributed by atoms with van der Waals surface area (Å²) in [5.74, 6) is 0.891. The van der Waals surface area contributed by atoms with Crippen molar-refractivity contribution in [3.05, 3.63) is 52.3 Å². The maximum Gasteiger partial charge on any atom is 0.279 e. The first kappa shape index (κ1) is 19.8. The van der Waals surface area contributed by atoms with Gasteiger partial charge in [0.2, 0.25) is 0 Å². The maximum absolute atomic E-state index is 12.7. The number of aromatic nitrogens is 1. The van der Waals surface area contributed by atoms with Crippen LogP contribution in [-0.2, 0) is 6.54 Å². The van der Waals surface area contributed by atoms with Gasteiger partial charge in [0.25, 0.3) is 5.91 Å². The van der Waals surface area contributed by atoms with E-state index in [9.17, 15) is 9.59 Å². The molecule has 1 amide bonds. The second kappa shape index (κ2) is 8.39. The molecule has 0 radical (unpaired) electrons. The Hall–Kier alpha value is -2.93. The predicted octanol–water partition coefficient (Wildman–Crippen LogP) is 4.07. The topological polar surface area (TPSA) is 69.9 Å². The van der Waals surface area contributed by atoms with Gasteiger partial charge in [-0.1, -0.05) is 30.4 Å². The van der Waals surface area contributed by atoms with Gasteiger partial charge in [0.1, 0.15) is 0 Å². The summed E-state index contributed by atoms with van der Waals surface area (Å²) in [4.78, 5) is 29.0. The second-order valence-electron chi connectivity index (χ2n) is 6.26. The van der Waals surface area contributed by atoms with E-state index in [0.717, 1.165) is 23.2 Å². The molecule has 1 aromatic heterocycles. The summed E-state index contributed by atoms with van der Waals surface area (Å²) in [6, 6.07) is 10.4. The fourth-order valence-electron chi connectivity index (χ4n) is 2.92. The summed E-state index contributed by atoms with van der Waals surface area (Å²) in [7, 11) is 3.19. The molecule has 3 aromatic rings. The number of carbonyl (C=O) groups is 2. The fraction of sp³-hybridized carbons (Fsp3) is 0.286. The van der Waals surface area contributed by atoms with E-state index in [-0.39, 0.29) is 11.7 Å². The number of hydrogen-bond donors (Lipinski definition) is 0. The minimum absolute atomic E-state index is 0.0378. The molecule has 0 bridgehead atoms. The average Bonchev–Trinajstić information content (AvgIpc) is 3.03. The van der Waals surface area contributed by atoms with Gasteiger partial charge in [-0.25, -0.2) is 0 Å². The van der Waals surface area contributed by atoms with Gasteiger partial charge >= 0.3 is 0 Å². The number of carbonyl (C=O) groups excluding carboxylic acids is 2. The Bertz CT molecular complexity index is 1090. The Labute approximate surface area is 167 Å². The number of thiazole rings is 1. The molecule has 6 nitrogen and oxygen atoms in total. The summed E-state index contributed by atoms with van der Waals surface area (Å²) >= 11 is 1.43. The standard InChI is InChI=1S/C21H22N2O4S/c1-5-10-23-16-11-17(26-3)18(27-4)12-19(16)28-21(23)22-20(25)15-8-6-14(7-9-15)13(2)24/h6-9,11-12H,5,10H2,1-4H3. The lowest BCUT2D eigenvalue weighted by molar-refractivity contribution is 0.0991. The van der Waals surface area contributed by atoms with Crippen molar-refractivity contribution in [2.24, 2.45) is 4.99 Å². The molecular weight excluding hydrogens is 376 g/mol. The number of benzene rings is 2. The van der Waals surface area contributed by atoms with E-state index in [1.165, 1.54) is 18.3 Å². The highest BCUT2D eigenvalue weighted by Gasteiger charge is 2.13. The van der Waals surface area contributed by atoms with Gasteiger partial charge in [0.15, 0.2) is 22.1 Å². The molecule has 146 valence electrons. The van der Waals surface area contributed by atoms with Crippen molar-refractivity contribution in [1.29, 1.82) is 0 Å². The van der Waals surface area contributed by atoms with E-state index in [0.29, 0.717) is 27.4 Å². The third kappa shape index (κ3) is 3.84. The Morgan fingerprint density at radius 2 is 1.64 bits per heavy atom. The van der Waals surface area contributed by atoms with Crippen LogP contribution in [-0.4, -0.2) is 30.5 Å². The molecule has 1 heterocycles. The summed E-state index contributed by atoms with van der Waals surface area (Å²) in [6.07, 6.45) is 0.898. The molecule has 0 unspecified atom stereocenters. The van der Waals surface area contributed by atoms with Gasteiger partial charge in [0, 0.05) is 29.8 Å². The quantitative estimate of drug-likeness (QED) is 0.587. The number of hydrogen-bond acceptors (Lipinski definition) is 5. The molecule has 7 heteroatoms. The summed E-state index contributed by atoms with van der Waals surface area (Å²) in [6.45, 7) is 4.29. The van der Waals surface area contributed by atoms with E-state index >= 15 is 0 Å². The first-order chi connectivity index (χ1) is 13.5. The van der Waals surface area contributed by atoms with Crippen LogP contribution < -0.4 is 14.3 Å². The van der Waals surface area contributed by atoms with Crippen molar-refractivity contribution < 1.29 is 19.1 Å². The summed E-state index contributed by atoms with van der Waals surface area (Å²) in [5, 5.41) is 0. The van der Waals surface area contributed by atoms with Gasteiger partial charge in [-0.05, 0) is 25.5 Å². The molecule has 2 aromatic carbocycles. The summed E-state index contributed by atoms with van der Waals surface area (Å²) in [5.41, 5.74) is 1.96. The number of amides is 1. The zero-order valence-corrected chi connectivity index (χ0v) is 17.1. The van der Waals surface area contributed by atoms with Crippen LogP contribution in [0.3, 0.4) is 0 Å².